The number of carbonyl (C=O) groups is 2. The van der Waals surface area contributed by atoms with Crippen LogP contribution in [0.3, 0.4) is 0 Å². The third-order valence-corrected chi connectivity index (χ3v) is 4.53. The highest BCUT2D eigenvalue weighted by Crippen LogP contribution is 2.28. The quantitative estimate of drug-likeness (QED) is 0.601. The number of ether oxygens (including phenoxy) is 1. The summed E-state index contributed by atoms with van der Waals surface area (Å²) < 4.78 is 11.6. The Labute approximate surface area is 162 Å². The molecule has 3 rings (SSSR count). The number of halogens is 2. The van der Waals surface area contributed by atoms with E-state index in [0.29, 0.717) is 21.9 Å². The minimum absolute atomic E-state index is 0.122. The Hall–Kier alpha value is -2.51. The number of amides is 2. The Kier molecular flexibility index (Phi) is 5.20. The summed E-state index contributed by atoms with van der Waals surface area (Å²) in [7, 11) is 1.44. The van der Waals surface area contributed by atoms with E-state index >= 15 is 0 Å². The molecular formula is C18H14BrClN2O4. The zero-order valence-electron chi connectivity index (χ0n) is 13.9. The third kappa shape index (κ3) is 3.54. The summed E-state index contributed by atoms with van der Waals surface area (Å²) in [6.07, 6.45) is 0. The van der Waals surface area contributed by atoms with Gasteiger partial charge in [-0.3, -0.25) is 20.4 Å². The molecule has 0 saturated heterocycles. The number of rotatable bonds is 3. The van der Waals surface area contributed by atoms with Crippen molar-refractivity contribution in [1.82, 2.24) is 10.9 Å². The standard InChI is InChI=1S/C18H14BrClN2O4/c1-9-12-7-10(19)3-5-15(12)26-16(9)18(24)22-21-17(23)13-8-11(20)4-6-14(13)25-2/h3-8H,1-2H3,(H,21,23)(H,22,24). The average molecular weight is 438 g/mol. The van der Waals surface area contributed by atoms with E-state index in [-0.39, 0.29) is 11.3 Å². The summed E-state index contributed by atoms with van der Waals surface area (Å²) in [5.74, 6) is -0.666. The molecular weight excluding hydrogens is 424 g/mol. The molecule has 1 aromatic heterocycles. The molecule has 1 heterocycles. The smallest absolute Gasteiger partial charge is 0.305 e. The lowest BCUT2D eigenvalue weighted by Gasteiger charge is -2.10. The third-order valence-electron chi connectivity index (χ3n) is 3.80. The van der Waals surface area contributed by atoms with Crippen LogP contribution >= 0.6 is 27.5 Å². The highest BCUT2D eigenvalue weighted by molar-refractivity contribution is 9.10. The largest absolute Gasteiger partial charge is 0.496 e. The van der Waals surface area contributed by atoms with Gasteiger partial charge in [0.15, 0.2) is 5.76 Å². The van der Waals surface area contributed by atoms with Crippen molar-refractivity contribution in [3.05, 3.63) is 62.8 Å². The Bertz CT molecular complexity index is 1020. The van der Waals surface area contributed by atoms with Crippen molar-refractivity contribution in [3.8, 4) is 5.75 Å². The number of nitrogens with one attached hydrogen (secondary N) is 2. The van der Waals surface area contributed by atoms with Crippen molar-refractivity contribution in [2.24, 2.45) is 0 Å². The number of methoxy groups -OCH3 is 1. The second kappa shape index (κ2) is 7.39. The van der Waals surface area contributed by atoms with Gasteiger partial charge in [-0.2, -0.15) is 0 Å². The molecule has 26 heavy (non-hydrogen) atoms. The number of aryl methyl sites for hydroxylation is 1. The molecule has 0 unspecified atom stereocenters. The highest BCUT2D eigenvalue weighted by Gasteiger charge is 2.19. The van der Waals surface area contributed by atoms with Crippen LogP contribution in [0.5, 0.6) is 5.75 Å². The minimum Gasteiger partial charge on any atom is -0.496 e. The lowest BCUT2D eigenvalue weighted by molar-refractivity contribution is 0.0830. The Balaban J connectivity index is 1.78. The SMILES string of the molecule is COc1ccc(Cl)cc1C(=O)NNC(=O)c1oc2ccc(Br)cc2c1C. The maximum atomic E-state index is 12.4. The van der Waals surface area contributed by atoms with Crippen LogP contribution in [0.2, 0.25) is 5.02 Å². The van der Waals surface area contributed by atoms with Gasteiger partial charge in [-0.1, -0.05) is 27.5 Å². The minimum atomic E-state index is -0.566. The van der Waals surface area contributed by atoms with Crippen LogP contribution in [0.4, 0.5) is 0 Å². The van der Waals surface area contributed by atoms with E-state index in [1.807, 2.05) is 12.1 Å². The van der Waals surface area contributed by atoms with E-state index in [2.05, 4.69) is 26.8 Å². The van der Waals surface area contributed by atoms with Crippen LogP contribution in [0, 0.1) is 6.92 Å². The maximum Gasteiger partial charge on any atom is 0.305 e. The summed E-state index contributed by atoms with van der Waals surface area (Å²) in [6, 6.07) is 10.1. The molecule has 0 aliphatic carbocycles. The van der Waals surface area contributed by atoms with Crippen molar-refractivity contribution in [3.63, 3.8) is 0 Å². The molecule has 2 N–H and O–H groups in total. The monoisotopic (exact) mass is 436 g/mol. The second-order valence-corrected chi connectivity index (χ2v) is 6.80. The highest BCUT2D eigenvalue weighted by atomic mass is 79.9. The molecule has 0 fully saturated rings. The zero-order valence-corrected chi connectivity index (χ0v) is 16.2. The first-order valence-corrected chi connectivity index (χ1v) is 8.70. The molecule has 2 amide bonds. The number of fused-ring (bicyclic) bond motifs is 1. The van der Waals surface area contributed by atoms with Gasteiger partial charge in [-0.15, -0.1) is 0 Å². The van der Waals surface area contributed by atoms with E-state index in [1.165, 1.54) is 13.2 Å². The lowest BCUT2D eigenvalue weighted by atomic mass is 10.1. The van der Waals surface area contributed by atoms with E-state index in [4.69, 9.17) is 20.8 Å². The van der Waals surface area contributed by atoms with Gasteiger partial charge in [0.2, 0.25) is 0 Å². The van der Waals surface area contributed by atoms with Gasteiger partial charge in [-0.05, 0) is 43.3 Å². The van der Waals surface area contributed by atoms with Crippen LogP contribution in [-0.4, -0.2) is 18.9 Å². The number of furan rings is 1. The van der Waals surface area contributed by atoms with E-state index in [1.54, 1.807) is 25.1 Å². The predicted octanol–water partition coefficient (Wildman–Crippen LogP) is 4.24. The maximum absolute atomic E-state index is 12.4. The molecule has 8 heteroatoms. The van der Waals surface area contributed by atoms with Gasteiger partial charge in [0.05, 0.1) is 12.7 Å². The predicted molar refractivity (Wildman–Crippen MR) is 102 cm³/mol. The van der Waals surface area contributed by atoms with Crippen LogP contribution < -0.4 is 15.6 Å². The molecule has 6 nitrogen and oxygen atoms in total. The lowest BCUT2D eigenvalue weighted by Crippen LogP contribution is -2.41. The van der Waals surface area contributed by atoms with Crippen molar-refractivity contribution in [2.45, 2.75) is 6.92 Å². The fourth-order valence-corrected chi connectivity index (χ4v) is 3.04. The summed E-state index contributed by atoms with van der Waals surface area (Å²) in [6.45, 7) is 1.77. The molecule has 0 spiro atoms. The van der Waals surface area contributed by atoms with E-state index in [0.717, 1.165) is 9.86 Å². The number of benzene rings is 2. The molecule has 0 aliphatic rings. The molecule has 0 bridgehead atoms. The first-order valence-electron chi connectivity index (χ1n) is 7.53. The number of carbonyl (C=O) groups excluding carboxylic acids is 2. The summed E-state index contributed by atoms with van der Waals surface area (Å²) in [5, 5.41) is 1.19. The van der Waals surface area contributed by atoms with Crippen molar-refractivity contribution < 1.29 is 18.7 Å². The molecule has 0 radical (unpaired) electrons. The molecule has 0 saturated carbocycles. The fraction of sp³-hybridized carbons (Fsp3) is 0.111. The molecule has 3 aromatic rings. The van der Waals surface area contributed by atoms with Gasteiger partial charge in [0.1, 0.15) is 11.3 Å². The first kappa shape index (κ1) is 18.3. The summed E-state index contributed by atoms with van der Waals surface area (Å²) >= 11 is 9.30. The summed E-state index contributed by atoms with van der Waals surface area (Å²) in [5.41, 5.74) is 6.13. The van der Waals surface area contributed by atoms with E-state index in [9.17, 15) is 9.59 Å². The van der Waals surface area contributed by atoms with Crippen molar-refractivity contribution >= 4 is 50.3 Å². The van der Waals surface area contributed by atoms with Gasteiger partial charge < -0.3 is 9.15 Å². The first-order chi connectivity index (χ1) is 12.4. The molecule has 134 valence electrons. The number of hydrogen-bond acceptors (Lipinski definition) is 4. The fourth-order valence-electron chi connectivity index (χ4n) is 2.50. The van der Waals surface area contributed by atoms with Crippen LogP contribution in [0.15, 0.2) is 45.3 Å². The van der Waals surface area contributed by atoms with Crippen LogP contribution in [0.1, 0.15) is 26.5 Å². The van der Waals surface area contributed by atoms with Crippen molar-refractivity contribution in [1.29, 1.82) is 0 Å². The van der Waals surface area contributed by atoms with Gasteiger partial charge in [0.25, 0.3) is 5.91 Å². The molecule has 0 atom stereocenters. The van der Waals surface area contributed by atoms with Gasteiger partial charge in [-0.25, -0.2) is 0 Å². The Morgan fingerprint density at radius 1 is 1.12 bits per heavy atom. The summed E-state index contributed by atoms with van der Waals surface area (Å²) in [4.78, 5) is 24.7. The zero-order chi connectivity index (χ0) is 18.8. The Morgan fingerprint density at radius 2 is 1.85 bits per heavy atom. The normalized spacial score (nSPS) is 10.6. The average Bonchev–Trinajstić information content (AvgIpc) is 2.95. The Morgan fingerprint density at radius 3 is 2.58 bits per heavy atom. The van der Waals surface area contributed by atoms with E-state index < -0.39 is 11.8 Å². The van der Waals surface area contributed by atoms with Crippen LogP contribution in [-0.2, 0) is 0 Å². The van der Waals surface area contributed by atoms with Gasteiger partial charge in [0, 0.05) is 20.4 Å². The van der Waals surface area contributed by atoms with Crippen LogP contribution in [0.25, 0.3) is 11.0 Å². The number of hydrogen-bond donors (Lipinski definition) is 2. The molecule has 2 aromatic carbocycles. The second-order valence-electron chi connectivity index (χ2n) is 5.45. The van der Waals surface area contributed by atoms with Gasteiger partial charge >= 0.3 is 5.91 Å². The topological polar surface area (TPSA) is 80.6 Å². The number of hydrazine groups is 1. The molecule has 0 aliphatic heterocycles. The van der Waals surface area contributed by atoms with Crippen molar-refractivity contribution in [2.75, 3.05) is 7.11 Å².